The molecule has 5 rings (SSSR count). The second kappa shape index (κ2) is 9.54. The molecule has 1 aliphatic heterocycles. The third-order valence-corrected chi connectivity index (χ3v) is 7.48. The number of fused-ring (bicyclic) bond motifs is 3. The Kier molecular flexibility index (Phi) is 6.54. The Morgan fingerprint density at radius 1 is 1.27 bits per heavy atom. The van der Waals surface area contributed by atoms with Crippen molar-refractivity contribution in [1.82, 2.24) is 24.5 Å². The van der Waals surface area contributed by atoms with Gasteiger partial charge in [0.25, 0.3) is 5.91 Å². The van der Waals surface area contributed by atoms with Gasteiger partial charge in [-0.3, -0.25) is 9.52 Å². The van der Waals surface area contributed by atoms with Crippen LogP contribution in [0.1, 0.15) is 33.6 Å². The molecule has 0 saturated carbocycles. The van der Waals surface area contributed by atoms with E-state index in [9.17, 15) is 13.2 Å². The number of halogens is 2. The number of pyridine rings is 1. The first-order chi connectivity index (χ1) is 17.5. The number of benzene rings is 1. The van der Waals surface area contributed by atoms with Crippen molar-refractivity contribution in [2.45, 2.75) is 26.3 Å². The van der Waals surface area contributed by atoms with Crippen molar-refractivity contribution in [3.63, 3.8) is 0 Å². The van der Waals surface area contributed by atoms with Crippen molar-refractivity contribution in [2.24, 2.45) is 0 Å². The van der Waals surface area contributed by atoms with E-state index in [-0.39, 0.29) is 16.7 Å². The fourth-order valence-electron chi connectivity index (χ4n) is 4.30. The molecule has 0 radical (unpaired) electrons. The molecule has 1 N–H and O–H groups in total. The summed E-state index contributed by atoms with van der Waals surface area (Å²) in [6, 6.07) is 6.95. The van der Waals surface area contributed by atoms with Crippen molar-refractivity contribution in [2.75, 3.05) is 24.1 Å². The topological polar surface area (TPSA) is 119 Å². The summed E-state index contributed by atoms with van der Waals surface area (Å²) in [4.78, 5) is 24.3. The van der Waals surface area contributed by atoms with Crippen LogP contribution < -0.4 is 9.46 Å². The molecular weight excluding hydrogens is 543 g/mol. The number of amides is 1. The Morgan fingerprint density at radius 2 is 2.05 bits per heavy atom. The van der Waals surface area contributed by atoms with Crippen molar-refractivity contribution < 1.29 is 22.3 Å². The molecule has 0 aliphatic carbocycles. The monoisotopic (exact) mass is 564 g/mol. The van der Waals surface area contributed by atoms with Crippen LogP contribution in [-0.4, -0.2) is 58.2 Å². The number of rotatable bonds is 6. The van der Waals surface area contributed by atoms with Gasteiger partial charge < -0.3 is 9.64 Å². The standard InChI is InChI=1S/C23H22ClFN6O4S2/c1-12-4-5-14(15(25)10-12)20-21-16(26-23-31(21)28-13(2)36-23)8-9-30(20)19(32)11-35-17-6-7-18(27-22(17)24)29-37(3,33)34/h4-7,10,20H,8-9,11H2,1-3H3,(H,27,29). The predicted molar refractivity (Wildman–Crippen MR) is 137 cm³/mol. The Balaban J connectivity index is 1.45. The van der Waals surface area contributed by atoms with Gasteiger partial charge in [0.15, 0.2) is 17.5 Å². The van der Waals surface area contributed by atoms with E-state index in [0.717, 1.165) is 22.5 Å². The lowest BCUT2D eigenvalue weighted by Crippen LogP contribution is -2.43. The van der Waals surface area contributed by atoms with E-state index in [4.69, 9.17) is 16.3 Å². The molecule has 0 spiro atoms. The zero-order chi connectivity index (χ0) is 26.5. The first-order valence-electron chi connectivity index (χ1n) is 11.2. The van der Waals surface area contributed by atoms with Gasteiger partial charge in [0, 0.05) is 18.5 Å². The van der Waals surface area contributed by atoms with Crippen molar-refractivity contribution in [3.05, 3.63) is 68.8 Å². The number of nitrogens with zero attached hydrogens (tertiary/aromatic N) is 5. The van der Waals surface area contributed by atoms with E-state index < -0.39 is 34.4 Å². The van der Waals surface area contributed by atoms with E-state index in [2.05, 4.69) is 19.8 Å². The number of nitrogens with one attached hydrogen (secondary N) is 1. The van der Waals surface area contributed by atoms with Crippen LogP contribution in [0.3, 0.4) is 0 Å². The van der Waals surface area contributed by atoms with E-state index in [1.807, 2.05) is 6.92 Å². The maximum atomic E-state index is 15.2. The van der Waals surface area contributed by atoms with Gasteiger partial charge in [-0.05, 0) is 37.6 Å². The zero-order valence-electron chi connectivity index (χ0n) is 20.0. The minimum absolute atomic E-state index is 0.0213. The van der Waals surface area contributed by atoms with Crippen LogP contribution in [0.5, 0.6) is 5.75 Å². The van der Waals surface area contributed by atoms with Crippen LogP contribution in [0.25, 0.3) is 4.96 Å². The van der Waals surface area contributed by atoms with Gasteiger partial charge >= 0.3 is 0 Å². The highest BCUT2D eigenvalue weighted by atomic mass is 35.5. The fraction of sp³-hybridized carbons (Fsp3) is 0.304. The number of carbonyl (C=O) groups is 1. The highest BCUT2D eigenvalue weighted by Crippen LogP contribution is 2.38. The third kappa shape index (κ3) is 5.11. The van der Waals surface area contributed by atoms with Crippen LogP contribution in [0.4, 0.5) is 10.2 Å². The summed E-state index contributed by atoms with van der Waals surface area (Å²) < 4.78 is 47.6. The molecule has 4 aromatic rings. The van der Waals surface area contributed by atoms with Gasteiger partial charge in [-0.15, -0.1) is 0 Å². The molecule has 1 aliphatic rings. The lowest BCUT2D eigenvalue weighted by Gasteiger charge is -2.35. The maximum Gasteiger partial charge on any atom is 0.261 e. The molecule has 1 aromatic carbocycles. The van der Waals surface area contributed by atoms with E-state index >= 15 is 4.39 Å². The second-order valence-corrected chi connectivity index (χ2v) is 11.9. The molecule has 0 fully saturated rings. The summed E-state index contributed by atoms with van der Waals surface area (Å²) in [5, 5.41) is 5.24. The van der Waals surface area contributed by atoms with Crippen LogP contribution in [0.2, 0.25) is 5.15 Å². The number of imidazole rings is 1. The number of hydrogen-bond donors (Lipinski definition) is 1. The van der Waals surface area contributed by atoms with Gasteiger partial charge in [0.2, 0.25) is 15.0 Å². The molecule has 37 heavy (non-hydrogen) atoms. The number of anilines is 1. The predicted octanol–water partition coefficient (Wildman–Crippen LogP) is 3.52. The summed E-state index contributed by atoms with van der Waals surface area (Å²) in [7, 11) is -3.53. The minimum atomic E-state index is -3.53. The van der Waals surface area contributed by atoms with Gasteiger partial charge in [0.05, 0.1) is 17.6 Å². The summed E-state index contributed by atoms with van der Waals surface area (Å²) in [5.41, 5.74) is 2.52. The third-order valence-electron chi connectivity index (χ3n) is 5.80. The molecule has 0 bridgehead atoms. The molecule has 10 nitrogen and oxygen atoms in total. The van der Waals surface area contributed by atoms with E-state index in [0.29, 0.717) is 29.2 Å². The number of carbonyl (C=O) groups excluding carboxylic acids is 1. The SMILES string of the molecule is Cc1ccc(C2c3c(nc4sc(C)nn34)CCN2C(=O)COc2ccc(NS(C)(=O)=O)nc2Cl)c(F)c1. The molecular formula is C23H22ClFN6O4S2. The quantitative estimate of drug-likeness (QED) is 0.356. The van der Waals surface area contributed by atoms with E-state index in [1.165, 1.54) is 29.5 Å². The molecule has 4 heterocycles. The molecule has 1 amide bonds. The molecule has 1 unspecified atom stereocenters. The van der Waals surface area contributed by atoms with Crippen LogP contribution in [-0.2, 0) is 21.2 Å². The van der Waals surface area contributed by atoms with Gasteiger partial charge in [-0.25, -0.2) is 27.3 Å². The van der Waals surface area contributed by atoms with Crippen LogP contribution in [0, 0.1) is 19.7 Å². The molecule has 0 saturated heterocycles. The lowest BCUT2D eigenvalue weighted by atomic mass is 9.94. The van der Waals surface area contributed by atoms with Crippen molar-refractivity contribution in [1.29, 1.82) is 0 Å². The Hall–Kier alpha value is -3.29. The number of sulfonamides is 1. The number of aromatic nitrogens is 4. The molecule has 14 heteroatoms. The van der Waals surface area contributed by atoms with Gasteiger partial charge in [-0.2, -0.15) is 5.10 Å². The molecule has 1 atom stereocenters. The minimum Gasteiger partial charge on any atom is -0.481 e. The number of ether oxygens (including phenoxy) is 1. The maximum absolute atomic E-state index is 15.2. The second-order valence-electron chi connectivity index (χ2n) is 8.67. The van der Waals surface area contributed by atoms with E-state index in [1.54, 1.807) is 28.5 Å². The summed E-state index contributed by atoms with van der Waals surface area (Å²) >= 11 is 7.57. The van der Waals surface area contributed by atoms with Gasteiger partial charge in [-0.1, -0.05) is 35.1 Å². The normalized spacial score (nSPS) is 15.6. The van der Waals surface area contributed by atoms with Crippen LogP contribution in [0.15, 0.2) is 30.3 Å². The van der Waals surface area contributed by atoms with Crippen molar-refractivity contribution >= 4 is 49.6 Å². The first-order valence-corrected chi connectivity index (χ1v) is 14.3. The Morgan fingerprint density at radius 3 is 2.76 bits per heavy atom. The lowest BCUT2D eigenvalue weighted by molar-refractivity contribution is -0.135. The number of hydrogen-bond acceptors (Lipinski definition) is 8. The highest BCUT2D eigenvalue weighted by molar-refractivity contribution is 7.92. The smallest absolute Gasteiger partial charge is 0.261 e. The first kappa shape index (κ1) is 25.4. The summed E-state index contributed by atoms with van der Waals surface area (Å²) in [6.45, 7) is 3.57. The zero-order valence-corrected chi connectivity index (χ0v) is 22.4. The van der Waals surface area contributed by atoms with Crippen LogP contribution >= 0.6 is 22.9 Å². The average molecular weight is 565 g/mol. The Labute approximate surface area is 221 Å². The average Bonchev–Trinajstić information content (AvgIpc) is 3.32. The number of aryl methyl sites for hydroxylation is 2. The molecule has 3 aromatic heterocycles. The van der Waals surface area contributed by atoms with Gasteiger partial charge in [0.1, 0.15) is 22.7 Å². The van der Waals surface area contributed by atoms with Crippen molar-refractivity contribution in [3.8, 4) is 5.75 Å². The Bertz CT molecular complexity index is 1640. The summed E-state index contributed by atoms with van der Waals surface area (Å²) in [5.74, 6) is -0.703. The fourth-order valence-corrected chi connectivity index (χ4v) is 5.77. The molecule has 194 valence electrons. The highest BCUT2D eigenvalue weighted by Gasteiger charge is 2.38. The largest absolute Gasteiger partial charge is 0.481 e. The summed E-state index contributed by atoms with van der Waals surface area (Å²) in [6.07, 6.45) is 1.47.